The van der Waals surface area contributed by atoms with Crippen LogP contribution in [0.25, 0.3) is 0 Å². The lowest BCUT2D eigenvalue weighted by molar-refractivity contribution is -0.384. The highest BCUT2D eigenvalue weighted by Gasteiger charge is 2.24. The fourth-order valence-electron chi connectivity index (χ4n) is 4.06. The Morgan fingerprint density at radius 1 is 1.10 bits per heavy atom. The molecule has 1 amide bonds. The maximum Gasteiger partial charge on any atom is 0.269 e. The van der Waals surface area contributed by atoms with Crippen LogP contribution in [-0.2, 0) is 30.5 Å². The largest absolute Gasteiger partial charge is 0.324 e. The lowest BCUT2D eigenvalue weighted by Gasteiger charge is -2.17. The van der Waals surface area contributed by atoms with Crippen LogP contribution in [0.3, 0.4) is 0 Å². The number of nitro groups is 1. The predicted molar refractivity (Wildman–Crippen MR) is 112 cm³/mol. The third-order valence-electron chi connectivity index (χ3n) is 5.40. The van der Waals surface area contributed by atoms with Gasteiger partial charge in [0.05, 0.1) is 29.3 Å². The average molecular weight is 414 g/mol. The summed E-state index contributed by atoms with van der Waals surface area (Å²) in [7, 11) is 0. The van der Waals surface area contributed by atoms with Crippen LogP contribution >= 0.6 is 12.1 Å². The van der Waals surface area contributed by atoms with Crippen LogP contribution in [-0.4, -0.2) is 22.6 Å². The van der Waals surface area contributed by atoms with Crippen molar-refractivity contribution in [1.82, 2.24) is 4.72 Å². The SMILES string of the molecule is O=C(CNSN(O)c1ccc([N+](=O)[O-])cc1)Nc1c2c(cc3c1CCC3)CCC2. The van der Waals surface area contributed by atoms with Crippen molar-refractivity contribution < 1.29 is 14.9 Å². The molecule has 0 atom stereocenters. The minimum atomic E-state index is -0.502. The second-order valence-electron chi connectivity index (χ2n) is 7.24. The molecule has 9 heteroatoms. The van der Waals surface area contributed by atoms with Gasteiger partial charge in [0.15, 0.2) is 0 Å². The fraction of sp³-hybridized carbons (Fsp3) is 0.350. The van der Waals surface area contributed by atoms with Gasteiger partial charge in [0.1, 0.15) is 0 Å². The molecule has 0 aromatic heterocycles. The number of nitrogens with zero attached hydrogens (tertiary/aromatic N) is 2. The second kappa shape index (κ2) is 8.40. The summed E-state index contributed by atoms with van der Waals surface area (Å²) in [5, 5.41) is 23.8. The molecule has 2 aliphatic rings. The molecule has 0 unspecified atom stereocenters. The van der Waals surface area contributed by atoms with Crippen LogP contribution in [0.2, 0.25) is 0 Å². The summed E-state index contributed by atoms with van der Waals surface area (Å²) in [6.07, 6.45) is 6.42. The number of nitro benzene ring substituents is 1. The number of carbonyl (C=O) groups is 1. The zero-order valence-electron chi connectivity index (χ0n) is 15.8. The van der Waals surface area contributed by atoms with Gasteiger partial charge in [-0.1, -0.05) is 6.07 Å². The average Bonchev–Trinajstić information content (AvgIpc) is 3.37. The van der Waals surface area contributed by atoms with Crippen LogP contribution in [0.1, 0.15) is 35.1 Å². The van der Waals surface area contributed by atoms with E-state index in [1.165, 1.54) is 46.5 Å². The summed E-state index contributed by atoms with van der Waals surface area (Å²) in [4.78, 5) is 22.7. The van der Waals surface area contributed by atoms with Crippen molar-refractivity contribution in [2.75, 3.05) is 16.3 Å². The Labute approximate surface area is 172 Å². The first kappa shape index (κ1) is 19.7. The van der Waals surface area contributed by atoms with E-state index >= 15 is 0 Å². The van der Waals surface area contributed by atoms with Crippen LogP contribution in [0, 0.1) is 10.1 Å². The number of nitrogens with one attached hydrogen (secondary N) is 2. The molecular formula is C20H22N4O4S. The van der Waals surface area contributed by atoms with Gasteiger partial charge in [-0.25, -0.2) is 4.72 Å². The summed E-state index contributed by atoms with van der Waals surface area (Å²) >= 11 is 0.842. The summed E-state index contributed by atoms with van der Waals surface area (Å²) in [5.74, 6) is -0.163. The molecule has 0 bridgehead atoms. The summed E-state index contributed by atoms with van der Waals surface area (Å²) < 4.78 is 3.65. The Morgan fingerprint density at radius 3 is 2.31 bits per heavy atom. The van der Waals surface area contributed by atoms with Gasteiger partial charge in [-0.2, -0.15) is 4.47 Å². The number of benzene rings is 2. The Morgan fingerprint density at radius 2 is 1.72 bits per heavy atom. The molecule has 0 aliphatic heterocycles. The maximum atomic E-state index is 12.5. The summed E-state index contributed by atoms with van der Waals surface area (Å²) in [5.41, 5.74) is 6.60. The number of fused-ring (bicyclic) bond motifs is 2. The van der Waals surface area contributed by atoms with Gasteiger partial charge in [0, 0.05) is 17.8 Å². The highest BCUT2D eigenvalue weighted by Crippen LogP contribution is 2.38. The van der Waals surface area contributed by atoms with Crippen molar-refractivity contribution >= 4 is 35.1 Å². The topological polar surface area (TPSA) is 108 Å². The molecule has 2 aromatic carbocycles. The minimum Gasteiger partial charge on any atom is -0.324 e. The molecule has 8 nitrogen and oxygen atoms in total. The summed E-state index contributed by atoms with van der Waals surface area (Å²) in [6.45, 7) is 0.0210. The molecule has 0 saturated heterocycles. The standard InChI is InChI=1S/C20H22N4O4S/c25-19(12-21-29-24(28)16-9-7-15(8-10-16)23(26)27)22-20-17-5-1-3-13(17)11-14-4-2-6-18(14)20/h7-11,21,28H,1-6,12H2,(H,22,25). The first-order chi connectivity index (χ1) is 14.0. The predicted octanol–water partition coefficient (Wildman–Crippen LogP) is 3.56. The van der Waals surface area contributed by atoms with E-state index in [9.17, 15) is 20.1 Å². The van der Waals surface area contributed by atoms with Crippen molar-refractivity contribution in [3.8, 4) is 0 Å². The smallest absolute Gasteiger partial charge is 0.269 e. The first-order valence-corrected chi connectivity index (χ1v) is 10.4. The molecule has 3 N–H and O–H groups in total. The first-order valence-electron chi connectivity index (χ1n) is 9.62. The molecule has 29 heavy (non-hydrogen) atoms. The van der Waals surface area contributed by atoms with E-state index in [-0.39, 0.29) is 18.1 Å². The van der Waals surface area contributed by atoms with Crippen molar-refractivity contribution in [1.29, 1.82) is 0 Å². The zero-order valence-corrected chi connectivity index (χ0v) is 16.6. The van der Waals surface area contributed by atoms with E-state index in [1.807, 2.05) is 0 Å². The molecule has 0 saturated carbocycles. The Hall–Kier alpha value is -2.62. The van der Waals surface area contributed by atoms with Crippen LogP contribution in [0.5, 0.6) is 0 Å². The van der Waals surface area contributed by atoms with Crippen LogP contribution in [0.15, 0.2) is 30.3 Å². The fourth-order valence-corrected chi connectivity index (χ4v) is 4.61. The summed E-state index contributed by atoms with van der Waals surface area (Å²) in [6, 6.07) is 7.81. The van der Waals surface area contributed by atoms with E-state index in [4.69, 9.17) is 0 Å². The molecule has 0 spiro atoms. The van der Waals surface area contributed by atoms with E-state index in [0.29, 0.717) is 5.69 Å². The Balaban J connectivity index is 1.34. The van der Waals surface area contributed by atoms with Gasteiger partial charge in [-0.3, -0.25) is 20.1 Å². The highest BCUT2D eigenvalue weighted by molar-refractivity contribution is 7.98. The van der Waals surface area contributed by atoms with Gasteiger partial charge in [-0.15, -0.1) is 0 Å². The van der Waals surface area contributed by atoms with Crippen molar-refractivity contribution in [3.63, 3.8) is 0 Å². The number of rotatable bonds is 7. The number of non-ortho nitro benzene ring substituents is 1. The van der Waals surface area contributed by atoms with Crippen molar-refractivity contribution in [2.24, 2.45) is 0 Å². The molecular weight excluding hydrogens is 392 g/mol. The number of amides is 1. The Bertz CT molecular complexity index is 916. The highest BCUT2D eigenvalue weighted by atomic mass is 32.2. The molecule has 0 heterocycles. The van der Waals surface area contributed by atoms with Gasteiger partial charge >= 0.3 is 0 Å². The lowest BCUT2D eigenvalue weighted by atomic mass is 9.98. The molecule has 2 aromatic rings. The van der Waals surface area contributed by atoms with Gasteiger partial charge in [0.25, 0.3) is 5.69 Å². The van der Waals surface area contributed by atoms with Crippen LogP contribution < -0.4 is 14.5 Å². The minimum absolute atomic E-state index is 0.0210. The molecule has 4 rings (SSSR count). The molecule has 152 valence electrons. The monoisotopic (exact) mass is 414 g/mol. The third-order valence-corrected chi connectivity index (χ3v) is 6.06. The normalized spacial score (nSPS) is 14.4. The second-order valence-corrected chi connectivity index (χ2v) is 8.06. The number of carbonyl (C=O) groups excluding carboxylic acids is 1. The van der Waals surface area contributed by atoms with Gasteiger partial charge < -0.3 is 5.32 Å². The molecule has 0 radical (unpaired) electrons. The number of hydrogen-bond donors (Lipinski definition) is 3. The van der Waals surface area contributed by atoms with E-state index in [0.717, 1.165) is 60.8 Å². The number of aryl methyl sites for hydroxylation is 2. The van der Waals surface area contributed by atoms with Crippen molar-refractivity contribution in [2.45, 2.75) is 38.5 Å². The number of anilines is 2. The molecule has 2 aliphatic carbocycles. The lowest BCUT2D eigenvalue weighted by Crippen LogP contribution is -2.28. The third kappa shape index (κ3) is 4.21. The molecule has 0 fully saturated rings. The van der Waals surface area contributed by atoms with Crippen molar-refractivity contribution in [3.05, 3.63) is 62.7 Å². The van der Waals surface area contributed by atoms with E-state index in [1.54, 1.807) is 0 Å². The number of hydrogen-bond acceptors (Lipinski definition) is 7. The quantitative estimate of drug-likeness (QED) is 0.361. The van der Waals surface area contributed by atoms with E-state index in [2.05, 4.69) is 16.1 Å². The van der Waals surface area contributed by atoms with Gasteiger partial charge in [-0.05, 0) is 72.9 Å². The Kier molecular flexibility index (Phi) is 5.70. The van der Waals surface area contributed by atoms with Gasteiger partial charge in [0.2, 0.25) is 5.91 Å². The van der Waals surface area contributed by atoms with E-state index < -0.39 is 4.92 Å². The maximum absolute atomic E-state index is 12.5. The van der Waals surface area contributed by atoms with Crippen LogP contribution in [0.4, 0.5) is 17.1 Å². The zero-order chi connectivity index (χ0) is 20.4.